The van der Waals surface area contributed by atoms with Crippen LogP contribution in [0.5, 0.6) is 0 Å². The minimum absolute atomic E-state index is 0.0606. The van der Waals surface area contributed by atoms with Gasteiger partial charge in [0.05, 0.1) is 11.7 Å². The molecule has 5 nitrogen and oxygen atoms in total. The van der Waals surface area contributed by atoms with Crippen molar-refractivity contribution in [3.63, 3.8) is 0 Å². The number of aromatic nitrogens is 2. The van der Waals surface area contributed by atoms with Gasteiger partial charge in [0.15, 0.2) is 0 Å². The third kappa shape index (κ3) is 3.93. The van der Waals surface area contributed by atoms with Gasteiger partial charge in [-0.1, -0.05) is 30.3 Å². The number of hydrogen-bond acceptors (Lipinski definition) is 4. The molecule has 1 aliphatic carbocycles. The van der Waals surface area contributed by atoms with Crippen LogP contribution in [0.15, 0.2) is 65.0 Å². The molecule has 2 aromatic carbocycles. The molecule has 5 rings (SSSR count). The monoisotopic (exact) mass is 451 g/mol. The fourth-order valence-electron chi connectivity index (χ4n) is 3.78. The highest BCUT2D eigenvalue weighted by Crippen LogP contribution is 2.31. The largest absolute Gasteiger partial charge is 0.334 e. The van der Waals surface area contributed by atoms with Gasteiger partial charge in [-0.25, -0.2) is 13.8 Å². The molecule has 0 bridgehead atoms. The Morgan fingerprint density at radius 3 is 2.59 bits per heavy atom. The minimum Gasteiger partial charge on any atom is -0.334 e. The molecule has 32 heavy (non-hydrogen) atoms. The van der Waals surface area contributed by atoms with Crippen LogP contribution in [0.3, 0.4) is 0 Å². The number of amides is 1. The Morgan fingerprint density at radius 2 is 1.88 bits per heavy atom. The minimum atomic E-state index is -0.357. The average Bonchev–Trinajstić information content (AvgIpc) is 3.53. The van der Waals surface area contributed by atoms with E-state index in [1.54, 1.807) is 35.2 Å². The summed E-state index contributed by atoms with van der Waals surface area (Å²) in [7, 11) is 0. The van der Waals surface area contributed by atoms with Gasteiger partial charge in [0, 0.05) is 29.1 Å². The Kier molecular flexibility index (Phi) is 5.30. The van der Waals surface area contributed by atoms with Crippen molar-refractivity contribution in [2.45, 2.75) is 32.0 Å². The summed E-state index contributed by atoms with van der Waals surface area (Å²) in [5.74, 6) is -0.963. The summed E-state index contributed by atoms with van der Waals surface area (Å²) in [4.78, 5) is 32.9. The topological polar surface area (TPSA) is 55.2 Å². The number of rotatable bonds is 6. The first kappa shape index (κ1) is 20.5. The normalized spacial score (nSPS) is 13.4. The molecule has 0 spiro atoms. The zero-order valence-corrected chi connectivity index (χ0v) is 17.8. The van der Waals surface area contributed by atoms with Gasteiger partial charge in [0.25, 0.3) is 5.56 Å². The number of thiophene rings is 1. The van der Waals surface area contributed by atoms with Gasteiger partial charge in [0.1, 0.15) is 23.0 Å². The summed E-state index contributed by atoms with van der Waals surface area (Å²) < 4.78 is 28.7. The smallest absolute Gasteiger partial charge is 0.263 e. The standard InChI is InChI=1S/C24H19F2N3O2S/c25-17-7-5-15(6-8-17)19-13-32-23-22(19)24(31)28(14-27-23)12-21(30)29(18-9-10-18)11-16-3-1-2-4-20(16)26/h1-8,13-14,18H,9-12H2. The fraction of sp³-hybridized carbons (Fsp3) is 0.208. The molecule has 1 saturated carbocycles. The number of carbonyl (C=O) groups is 1. The molecule has 4 aromatic rings. The Hall–Kier alpha value is -3.39. The highest BCUT2D eigenvalue weighted by molar-refractivity contribution is 7.17. The van der Waals surface area contributed by atoms with E-state index < -0.39 is 0 Å². The highest BCUT2D eigenvalue weighted by atomic mass is 32.1. The Morgan fingerprint density at radius 1 is 1.12 bits per heavy atom. The van der Waals surface area contributed by atoms with E-state index in [0.717, 1.165) is 12.8 Å². The first-order valence-electron chi connectivity index (χ1n) is 10.3. The van der Waals surface area contributed by atoms with Crippen molar-refractivity contribution in [1.82, 2.24) is 14.5 Å². The predicted octanol–water partition coefficient (Wildman–Crippen LogP) is 4.59. The lowest BCUT2D eigenvalue weighted by atomic mass is 10.1. The van der Waals surface area contributed by atoms with Crippen LogP contribution in [0.4, 0.5) is 8.78 Å². The molecule has 2 aromatic heterocycles. The van der Waals surface area contributed by atoms with Gasteiger partial charge in [-0.2, -0.15) is 0 Å². The first-order chi connectivity index (χ1) is 15.5. The number of nitrogens with zero attached hydrogens (tertiary/aromatic N) is 3. The van der Waals surface area contributed by atoms with E-state index in [1.165, 1.54) is 40.4 Å². The summed E-state index contributed by atoms with van der Waals surface area (Å²) in [6, 6.07) is 12.4. The van der Waals surface area contributed by atoms with E-state index in [9.17, 15) is 18.4 Å². The van der Waals surface area contributed by atoms with Gasteiger partial charge in [-0.05, 0) is 36.6 Å². The van der Waals surface area contributed by atoms with Gasteiger partial charge in [0.2, 0.25) is 5.91 Å². The van der Waals surface area contributed by atoms with Crippen molar-refractivity contribution in [2.24, 2.45) is 0 Å². The molecular formula is C24H19F2N3O2S. The maximum atomic E-state index is 14.1. The quantitative estimate of drug-likeness (QED) is 0.431. The van der Waals surface area contributed by atoms with Crippen LogP contribution < -0.4 is 5.56 Å². The number of halogens is 2. The van der Waals surface area contributed by atoms with E-state index in [2.05, 4.69) is 4.98 Å². The number of fused-ring (bicyclic) bond motifs is 1. The Labute approximate surface area is 186 Å². The van der Waals surface area contributed by atoms with Crippen molar-refractivity contribution in [2.75, 3.05) is 0 Å². The van der Waals surface area contributed by atoms with Crippen LogP contribution in [0.25, 0.3) is 21.3 Å². The molecule has 0 saturated heterocycles. The lowest BCUT2D eigenvalue weighted by Crippen LogP contribution is -2.37. The van der Waals surface area contributed by atoms with Crippen molar-refractivity contribution in [1.29, 1.82) is 0 Å². The van der Waals surface area contributed by atoms with E-state index in [1.807, 2.05) is 5.38 Å². The second-order valence-corrected chi connectivity index (χ2v) is 8.72. The summed E-state index contributed by atoms with van der Waals surface area (Å²) >= 11 is 1.32. The summed E-state index contributed by atoms with van der Waals surface area (Å²) in [5, 5.41) is 2.22. The lowest BCUT2D eigenvalue weighted by Gasteiger charge is -2.23. The van der Waals surface area contributed by atoms with Gasteiger partial charge in [-0.3, -0.25) is 14.2 Å². The highest BCUT2D eigenvalue weighted by Gasteiger charge is 2.33. The van der Waals surface area contributed by atoms with Crippen molar-refractivity contribution in [3.05, 3.63) is 87.8 Å². The van der Waals surface area contributed by atoms with Crippen LogP contribution in [-0.2, 0) is 17.9 Å². The van der Waals surface area contributed by atoms with Crippen molar-refractivity contribution in [3.8, 4) is 11.1 Å². The molecule has 1 fully saturated rings. The molecule has 0 unspecified atom stereocenters. The maximum absolute atomic E-state index is 14.1. The van der Waals surface area contributed by atoms with Gasteiger partial charge in [-0.15, -0.1) is 11.3 Å². The van der Waals surface area contributed by atoms with E-state index >= 15 is 0 Å². The van der Waals surface area contributed by atoms with Gasteiger partial charge < -0.3 is 4.90 Å². The van der Waals surface area contributed by atoms with Gasteiger partial charge >= 0.3 is 0 Å². The lowest BCUT2D eigenvalue weighted by molar-refractivity contribution is -0.133. The zero-order valence-electron chi connectivity index (χ0n) is 17.0. The summed E-state index contributed by atoms with van der Waals surface area (Å²) in [6.07, 6.45) is 3.11. The molecule has 0 atom stereocenters. The Balaban J connectivity index is 1.45. The zero-order chi connectivity index (χ0) is 22.2. The molecule has 1 aliphatic rings. The SMILES string of the molecule is O=C(Cn1cnc2scc(-c3ccc(F)cc3)c2c1=O)N(Cc1ccccc1F)C1CC1. The molecule has 162 valence electrons. The molecular weight excluding hydrogens is 432 g/mol. The second-order valence-electron chi connectivity index (χ2n) is 7.86. The van der Waals surface area contributed by atoms with E-state index in [0.29, 0.717) is 26.9 Å². The number of benzene rings is 2. The second kappa shape index (κ2) is 8.27. The molecule has 0 radical (unpaired) electrons. The molecule has 2 heterocycles. The molecule has 8 heteroatoms. The molecule has 0 N–H and O–H groups in total. The van der Waals surface area contributed by atoms with Crippen LogP contribution in [-0.4, -0.2) is 26.4 Å². The first-order valence-corrected chi connectivity index (χ1v) is 11.1. The third-order valence-electron chi connectivity index (χ3n) is 5.63. The predicted molar refractivity (Wildman–Crippen MR) is 119 cm³/mol. The summed E-state index contributed by atoms with van der Waals surface area (Å²) in [6.45, 7) is -0.00862. The Bertz CT molecular complexity index is 1360. The average molecular weight is 451 g/mol. The van der Waals surface area contributed by atoms with Crippen LogP contribution in [0, 0.1) is 11.6 Å². The van der Waals surface area contributed by atoms with Crippen LogP contribution in [0.1, 0.15) is 18.4 Å². The number of carbonyl (C=O) groups excluding carboxylic acids is 1. The van der Waals surface area contributed by atoms with Crippen molar-refractivity contribution >= 4 is 27.5 Å². The number of hydrogen-bond donors (Lipinski definition) is 0. The molecule has 0 aliphatic heterocycles. The fourth-order valence-corrected chi connectivity index (χ4v) is 4.68. The molecule has 1 amide bonds. The summed E-state index contributed by atoms with van der Waals surface area (Å²) in [5.41, 5.74) is 1.49. The third-order valence-corrected chi connectivity index (χ3v) is 6.51. The van der Waals surface area contributed by atoms with E-state index in [4.69, 9.17) is 0 Å². The van der Waals surface area contributed by atoms with Crippen molar-refractivity contribution < 1.29 is 13.6 Å². The maximum Gasteiger partial charge on any atom is 0.263 e. The van der Waals surface area contributed by atoms with Crippen LogP contribution >= 0.6 is 11.3 Å². The van der Waals surface area contributed by atoms with Crippen LogP contribution in [0.2, 0.25) is 0 Å². The van der Waals surface area contributed by atoms with E-state index in [-0.39, 0.29) is 42.2 Å².